The summed E-state index contributed by atoms with van der Waals surface area (Å²) in [5, 5.41) is 13.5. The lowest BCUT2D eigenvalue weighted by Crippen LogP contribution is -2.48. The normalized spacial score (nSPS) is 15.1. The standard InChI is InChI=1S/C21H29BrN8O/c1-5-28-13-18(15(2)23-28)12-26-8-10-27(11-9-26)21(31)19-6-7-29(25-19)14-30-17(4)20(22)16(3)24-30/h6-7,13H,5,8-12,14H2,1-4H3. The number of carbonyl (C=O) groups excluding carboxylic acids is 1. The van der Waals surface area contributed by atoms with E-state index < -0.39 is 0 Å². The second-order valence-corrected chi connectivity index (χ2v) is 8.82. The molecule has 3 aromatic heterocycles. The van der Waals surface area contributed by atoms with Gasteiger partial charge in [-0.15, -0.1) is 0 Å². The van der Waals surface area contributed by atoms with Crippen LogP contribution in [0, 0.1) is 20.8 Å². The molecule has 1 fully saturated rings. The van der Waals surface area contributed by atoms with Gasteiger partial charge in [0.2, 0.25) is 0 Å². The SMILES string of the molecule is CCn1cc(CN2CCN(C(=O)c3ccn(Cn4nc(C)c(Br)c4C)n3)CC2)c(C)n1. The van der Waals surface area contributed by atoms with Crippen molar-refractivity contribution in [2.75, 3.05) is 26.2 Å². The molecule has 0 N–H and O–H groups in total. The van der Waals surface area contributed by atoms with Gasteiger partial charge in [-0.05, 0) is 49.7 Å². The Morgan fingerprint density at radius 3 is 2.39 bits per heavy atom. The van der Waals surface area contributed by atoms with Gasteiger partial charge in [-0.25, -0.2) is 4.68 Å². The summed E-state index contributed by atoms with van der Waals surface area (Å²) in [5.41, 5.74) is 4.80. The van der Waals surface area contributed by atoms with E-state index in [0.29, 0.717) is 25.5 Å². The molecule has 4 heterocycles. The Morgan fingerprint density at radius 2 is 1.77 bits per heavy atom. The zero-order valence-corrected chi connectivity index (χ0v) is 20.1. The van der Waals surface area contributed by atoms with Crippen LogP contribution in [0.4, 0.5) is 0 Å². The number of hydrogen-bond acceptors (Lipinski definition) is 5. The maximum atomic E-state index is 12.9. The minimum atomic E-state index is -0.0112. The lowest BCUT2D eigenvalue weighted by Gasteiger charge is -2.34. The van der Waals surface area contributed by atoms with Crippen LogP contribution in [-0.4, -0.2) is 71.2 Å². The van der Waals surface area contributed by atoms with E-state index in [2.05, 4.69) is 56.2 Å². The Kier molecular flexibility index (Phi) is 6.29. The first-order valence-corrected chi connectivity index (χ1v) is 11.4. The van der Waals surface area contributed by atoms with Crippen LogP contribution in [-0.2, 0) is 19.8 Å². The fourth-order valence-corrected chi connectivity index (χ4v) is 4.18. The van der Waals surface area contributed by atoms with Crippen LogP contribution in [0.2, 0.25) is 0 Å². The zero-order valence-electron chi connectivity index (χ0n) is 18.5. The highest BCUT2D eigenvalue weighted by Crippen LogP contribution is 2.20. The monoisotopic (exact) mass is 488 g/mol. The van der Waals surface area contributed by atoms with Gasteiger partial charge in [0.15, 0.2) is 0 Å². The summed E-state index contributed by atoms with van der Waals surface area (Å²) in [6.45, 7) is 13.5. The van der Waals surface area contributed by atoms with E-state index in [1.807, 2.05) is 34.3 Å². The first-order valence-electron chi connectivity index (χ1n) is 10.6. The van der Waals surface area contributed by atoms with Crippen LogP contribution in [0.5, 0.6) is 0 Å². The molecule has 1 saturated heterocycles. The average Bonchev–Trinajstić information content (AvgIpc) is 3.44. The molecular weight excluding hydrogens is 460 g/mol. The third-order valence-electron chi connectivity index (χ3n) is 5.86. The molecule has 1 aliphatic heterocycles. The molecule has 0 aromatic carbocycles. The van der Waals surface area contributed by atoms with Crippen molar-refractivity contribution in [3.8, 4) is 0 Å². The van der Waals surface area contributed by atoms with Crippen molar-refractivity contribution in [2.45, 2.75) is 47.5 Å². The van der Waals surface area contributed by atoms with Gasteiger partial charge in [-0.3, -0.25) is 19.1 Å². The molecule has 0 unspecified atom stereocenters. The van der Waals surface area contributed by atoms with E-state index in [-0.39, 0.29) is 5.91 Å². The minimum Gasteiger partial charge on any atom is -0.335 e. The highest BCUT2D eigenvalue weighted by Gasteiger charge is 2.24. The van der Waals surface area contributed by atoms with Crippen molar-refractivity contribution in [3.63, 3.8) is 0 Å². The third kappa shape index (κ3) is 4.59. The molecule has 3 aromatic rings. The number of nitrogens with zero attached hydrogens (tertiary/aromatic N) is 8. The Morgan fingerprint density at radius 1 is 1.03 bits per heavy atom. The molecule has 0 radical (unpaired) electrons. The molecule has 31 heavy (non-hydrogen) atoms. The van der Waals surface area contributed by atoms with Crippen molar-refractivity contribution in [1.82, 2.24) is 39.1 Å². The summed E-state index contributed by atoms with van der Waals surface area (Å²) in [7, 11) is 0. The number of piperazine rings is 1. The summed E-state index contributed by atoms with van der Waals surface area (Å²) in [6, 6.07) is 1.79. The summed E-state index contributed by atoms with van der Waals surface area (Å²) < 4.78 is 6.61. The number of aryl methyl sites for hydroxylation is 3. The molecule has 166 valence electrons. The topological polar surface area (TPSA) is 77.0 Å². The number of hydrogen-bond donors (Lipinski definition) is 0. The van der Waals surface area contributed by atoms with Crippen molar-refractivity contribution in [3.05, 3.63) is 51.3 Å². The highest BCUT2D eigenvalue weighted by atomic mass is 79.9. The first kappa shape index (κ1) is 21.8. The number of rotatable bonds is 6. The van der Waals surface area contributed by atoms with Gasteiger partial charge in [-0.2, -0.15) is 15.3 Å². The van der Waals surface area contributed by atoms with E-state index in [1.165, 1.54) is 5.56 Å². The minimum absolute atomic E-state index is 0.0112. The fourth-order valence-electron chi connectivity index (χ4n) is 3.89. The molecule has 9 nitrogen and oxygen atoms in total. The van der Waals surface area contributed by atoms with Crippen LogP contribution < -0.4 is 0 Å². The van der Waals surface area contributed by atoms with Crippen LogP contribution in [0.15, 0.2) is 22.9 Å². The van der Waals surface area contributed by atoms with Crippen LogP contribution in [0.3, 0.4) is 0 Å². The summed E-state index contributed by atoms with van der Waals surface area (Å²) in [4.78, 5) is 17.2. The van der Waals surface area contributed by atoms with Gasteiger partial charge in [-0.1, -0.05) is 0 Å². The van der Waals surface area contributed by atoms with Gasteiger partial charge in [0.25, 0.3) is 5.91 Å². The van der Waals surface area contributed by atoms with E-state index in [1.54, 1.807) is 10.7 Å². The maximum absolute atomic E-state index is 12.9. The van der Waals surface area contributed by atoms with Gasteiger partial charge in [0.05, 0.1) is 21.6 Å². The van der Waals surface area contributed by atoms with E-state index >= 15 is 0 Å². The van der Waals surface area contributed by atoms with Gasteiger partial charge >= 0.3 is 0 Å². The fraction of sp³-hybridized carbons (Fsp3) is 0.524. The number of halogens is 1. The van der Waals surface area contributed by atoms with Crippen molar-refractivity contribution in [2.24, 2.45) is 0 Å². The zero-order chi connectivity index (χ0) is 22.1. The molecule has 1 amide bonds. The van der Waals surface area contributed by atoms with Gasteiger partial charge in [0, 0.05) is 57.2 Å². The predicted octanol–water partition coefficient (Wildman–Crippen LogP) is 2.45. The smallest absolute Gasteiger partial charge is 0.274 e. The van der Waals surface area contributed by atoms with Gasteiger partial charge in [0.1, 0.15) is 12.4 Å². The van der Waals surface area contributed by atoms with Crippen LogP contribution in [0.1, 0.15) is 40.1 Å². The molecule has 1 aliphatic rings. The van der Waals surface area contributed by atoms with Crippen LogP contribution >= 0.6 is 15.9 Å². The average molecular weight is 489 g/mol. The summed E-state index contributed by atoms with van der Waals surface area (Å²) >= 11 is 3.55. The van der Waals surface area contributed by atoms with E-state index in [0.717, 1.165) is 47.7 Å². The number of aromatic nitrogens is 6. The Hall–Kier alpha value is -2.46. The molecule has 0 spiro atoms. The number of amides is 1. The van der Waals surface area contributed by atoms with Crippen LogP contribution in [0.25, 0.3) is 0 Å². The highest BCUT2D eigenvalue weighted by molar-refractivity contribution is 9.10. The lowest BCUT2D eigenvalue weighted by atomic mass is 10.2. The second-order valence-electron chi connectivity index (χ2n) is 8.03. The largest absolute Gasteiger partial charge is 0.335 e. The first-order chi connectivity index (χ1) is 14.9. The lowest BCUT2D eigenvalue weighted by molar-refractivity contribution is 0.0621. The van der Waals surface area contributed by atoms with Crippen molar-refractivity contribution < 1.29 is 4.79 Å². The molecule has 0 bridgehead atoms. The summed E-state index contributed by atoms with van der Waals surface area (Å²) in [6.07, 6.45) is 3.96. The number of carbonyl (C=O) groups is 1. The Balaban J connectivity index is 1.33. The molecule has 0 aliphatic carbocycles. The molecule has 4 rings (SSSR count). The third-order valence-corrected chi connectivity index (χ3v) is 7.00. The summed E-state index contributed by atoms with van der Waals surface area (Å²) in [5.74, 6) is -0.0112. The predicted molar refractivity (Wildman–Crippen MR) is 121 cm³/mol. The van der Waals surface area contributed by atoms with E-state index in [4.69, 9.17) is 0 Å². The van der Waals surface area contributed by atoms with Gasteiger partial charge < -0.3 is 4.90 Å². The van der Waals surface area contributed by atoms with E-state index in [9.17, 15) is 4.79 Å². The Labute approximate surface area is 190 Å². The molecular formula is C21H29BrN8O. The molecule has 10 heteroatoms. The van der Waals surface area contributed by atoms with Crippen molar-refractivity contribution in [1.29, 1.82) is 0 Å². The Bertz CT molecular complexity index is 1070. The second kappa shape index (κ2) is 8.96. The quantitative estimate of drug-likeness (QED) is 0.532. The molecule has 0 saturated carbocycles. The van der Waals surface area contributed by atoms with Crippen molar-refractivity contribution >= 4 is 21.8 Å². The molecule has 0 atom stereocenters. The maximum Gasteiger partial charge on any atom is 0.274 e.